The number of hydrogen-bond acceptors (Lipinski definition) is 9. The molecule has 3 heterocycles. The first-order chi connectivity index (χ1) is 18.4. The van der Waals surface area contributed by atoms with E-state index >= 15 is 0 Å². The van der Waals surface area contributed by atoms with E-state index in [1.807, 2.05) is 0 Å². The molecule has 5 rings (SSSR count). The van der Waals surface area contributed by atoms with Crippen LogP contribution < -0.4 is 5.32 Å². The first-order valence-corrected chi connectivity index (χ1v) is 12.1. The summed E-state index contributed by atoms with van der Waals surface area (Å²) >= 11 is 6.28. The molecule has 2 aromatic heterocycles. The van der Waals surface area contributed by atoms with Gasteiger partial charge in [0.15, 0.2) is 17.0 Å². The number of halogens is 1. The van der Waals surface area contributed by atoms with Crippen LogP contribution in [-0.4, -0.2) is 56.2 Å². The number of nitrogens with zero attached hydrogens (tertiary/aromatic N) is 4. The van der Waals surface area contributed by atoms with E-state index in [0.29, 0.717) is 11.1 Å². The Labute approximate surface area is 221 Å². The van der Waals surface area contributed by atoms with Crippen LogP contribution in [0.5, 0.6) is 0 Å². The molecule has 38 heavy (non-hydrogen) atoms. The number of amides is 1. The van der Waals surface area contributed by atoms with Gasteiger partial charge in [-0.1, -0.05) is 48.0 Å². The van der Waals surface area contributed by atoms with Crippen LogP contribution in [-0.2, 0) is 19.0 Å². The van der Waals surface area contributed by atoms with Crippen molar-refractivity contribution in [1.82, 2.24) is 19.5 Å². The fourth-order valence-corrected chi connectivity index (χ4v) is 4.28. The van der Waals surface area contributed by atoms with Crippen LogP contribution in [0.3, 0.4) is 0 Å². The van der Waals surface area contributed by atoms with E-state index in [0.717, 1.165) is 0 Å². The van der Waals surface area contributed by atoms with Gasteiger partial charge in [0.05, 0.1) is 23.6 Å². The first-order valence-electron chi connectivity index (χ1n) is 11.7. The quantitative estimate of drug-likeness (QED) is 0.277. The average molecular weight is 536 g/mol. The third-order valence-electron chi connectivity index (χ3n) is 5.76. The standard InChI is InChI=1S/C26H22ClN5O6/c1-15(33)29-26-30-21(27)20-22(31-26)32(14-28-20)23-19(38-25(35)17-10-6-3-7-11-17)12-18(37-23)13-36-24(34)16-8-4-2-5-9-16/h2-11,14,18-19,23H,12-13H2,1H3,(H,29,30,31,33). The lowest BCUT2D eigenvalue weighted by Gasteiger charge is -2.20. The number of benzene rings is 2. The predicted molar refractivity (Wildman–Crippen MR) is 136 cm³/mol. The van der Waals surface area contributed by atoms with Crippen LogP contribution in [0.4, 0.5) is 5.95 Å². The van der Waals surface area contributed by atoms with Gasteiger partial charge in [-0.2, -0.15) is 9.97 Å². The normalized spacial score (nSPS) is 18.7. The van der Waals surface area contributed by atoms with E-state index in [2.05, 4.69) is 20.3 Å². The van der Waals surface area contributed by atoms with Gasteiger partial charge in [-0.05, 0) is 24.3 Å². The van der Waals surface area contributed by atoms with Crippen molar-refractivity contribution in [1.29, 1.82) is 0 Å². The van der Waals surface area contributed by atoms with E-state index in [4.69, 9.17) is 25.8 Å². The number of carbonyl (C=O) groups is 3. The SMILES string of the molecule is CC(=O)Nc1nc(Cl)c2ncn(C3OC(COC(=O)c4ccccc4)CC3OC(=O)c3ccccc3)c2n1. The van der Waals surface area contributed by atoms with Gasteiger partial charge >= 0.3 is 11.9 Å². The van der Waals surface area contributed by atoms with Gasteiger partial charge in [-0.3, -0.25) is 14.7 Å². The third-order valence-corrected chi connectivity index (χ3v) is 6.03. The molecular formula is C26H22ClN5O6. The maximum absolute atomic E-state index is 12.9. The van der Waals surface area contributed by atoms with Gasteiger partial charge in [0.2, 0.25) is 11.9 Å². The second-order valence-electron chi connectivity index (χ2n) is 8.50. The summed E-state index contributed by atoms with van der Waals surface area (Å²) in [6, 6.07) is 17.1. The molecule has 3 atom stereocenters. The minimum absolute atomic E-state index is 0.0130. The number of hydrogen-bond donors (Lipinski definition) is 1. The van der Waals surface area contributed by atoms with Crippen LogP contribution in [0.15, 0.2) is 67.0 Å². The Morgan fingerprint density at radius 1 is 1.03 bits per heavy atom. The highest BCUT2D eigenvalue weighted by molar-refractivity contribution is 6.33. The van der Waals surface area contributed by atoms with Crippen molar-refractivity contribution in [3.05, 3.63) is 83.3 Å². The number of esters is 2. The van der Waals surface area contributed by atoms with Crippen molar-refractivity contribution in [2.45, 2.75) is 31.8 Å². The van der Waals surface area contributed by atoms with Crippen LogP contribution >= 0.6 is 11.6 Å². The van der Waals surface area contributed by atoms with Crippen molar-refractivity contribution in [2.75, 3.05) is 11.9 Å². The lowest BCUT2D eigenvalue weighted by Crippen LogP contribution is -2.25. The zero-order valence-corrected chi connectivity index (χ0v) is 20.9. The molecule has 1 N–H and O–H groups in total. The van der Waals surface area contributed by atoms with Crippen molar-refractivity contribution in [2.24, 2.45) is 0 Å². The number of imidazole rings is 1. The molecule has 2 aromatic carbocycles. The molecule has 0 spiro atoms. The van der Waals surface area contributed by atoms with E-state index in [-0.39, 0.29) is 41.2 Å². The predicted octanol–water partition coefficient (Wildman–Crippen LogP) is 3.81. The van der Waals surface area contributed by atoms with E-state index in [1.54, 1.807) is 65.2 Å². The molecule has 1 amide bonds. The van der Waals surface area contributed by atoms with Gasteiger partial charge in [-0.15, -0.1) is 0 Å². The Kier molecular flexibility index (Phi) is 7.29. The number of aromatic nitrogens is 4. The fourth-order valence-electron chi connectivity index (χ4n) is 4.06. The average Bonchev–Trinajstić information content (AvgIpc) is 3.52. The highest BCUT2D eigenvalue weighted by atomic mass is 35.5. The van der Waals surface area contributed by atoms with Gasteiger partial charge in [0.1, 0.15) is 18.2 Å². The van der Waals surface area contributed by atoms with Crippen LogP contribution in [0, 0.1) is 0 Å². The van der Waals surface area contributed by atoms with Gasteiger partial charge < -0.3 is 14.2 Å². The van der Waals surface area contributed by atoms with E-state index in [1.165, 1.54) is 13.3 Å². The summed E-state index contributed by atoms with van der Waals surface area (Å²) in [6.45, 7) is 1.25. The minimum atomic E-state index is -0.871. The van der Waals surface area contributed by atoms with Gasteiger partial charge in [0, 0.05) is 13.3 Å². The highest BCUT2D eigenvalue weighted by Gasteiger charge is 2.41. The zero-order chi connectivity index (χ0) is 26.6. The van der Waals surface area contributed by atoms with Crippen molar-refractivity contribution in [3.63, 3.8) is 0 Å². The van der Waals surface area contributed by atoms with Crippen molar-refractivity contribution >= 4 is 46.6 Å². The molecule has 0 saturated carbocycles. The number of anilines is 1. The maximum Gasteiger partial charge on any atom is 0.338 e. The largest absolute Gasteiger partial charge is 0.459 e. The molecule has 1 fully saturated rings. The highest BCUT2D eigenvalue weighted by Crippen LogP contribution is 2.35. The minimum Gasteiger partial charge on any atom is -0.459 e. The molecule has 12 heteroatoms. The van der Waals surface area contributed by atoms with Crippen molar-refractivity contribution < 1.29 is 28.6 Å². The Balaban J connectivity index is 1.41. The summed E-state index contributed by atoms with van der Waals surface area (Å²) in [7, 11) is 0. The Morgan fingerprint density at radius 3 is 2.34 bits per heavy atom. The first kappa shape index (κ1) is 25.3. The number of fused-ring (bicyclic) bond motifs is 1. The summed E-state index contributed by atoms with van der Waals surface area (Å²) in [5.41, 5.74) is 1.32. The summed E-state index contributed by atoms with van der Waals surface area (Å²) in [4.78, 5) is 49.6. The van der Waals surface area contributed by atoms with E-state index < -0.39 is 30.4 Å². The molecule has 3 unspecified atom stereocenters. The molecule has 194 valence electrons. The zero-order valence-electron chi connectivity index (χ0n) is 20.1. The van der Waals surface area contributed by atoms with E-state index in [9.17, 15) is 14.4 Å². The molecule has 1 saturated heterocycles. The fraction of sp³-hybridized carbons (Fsp3) is 0.231. The molecule has 1 aliphatic rings. The lowest BCUT2D eigenvalue weighted by atomic mass is 10.2. The Hall–Kier alpha value is -4.35. The Morgan fingerprint density at radius 2 is 1.68 bits per heavy atom. The maximum atomic E-state index is 12.9. The summed E-state index contributed by atoms with van der Waals surface area (Å²) in [5, 5.41) is 2.53. The third kappa shape index (κ3) is 5.48. The molecule has 1 aliphatic heterocycles. The topological polar surface area (TPSA) is 135 Å². The Bertz CT molecular complexity index is 1480. The monoisotopic (exact) mass is 535 g/mol. The number of nitrogens with one attached hydrogen (secondary N) is 1. The van der Waals surface area contributed by atoms with Crippen molar-refractivity contribution in [3.8, 4) is 0 Å². The second-order valence-corrected chi connectivity index (χ2v) is 8.86. The molecule has 0 radical (unpaired) electrons. The smallest absolute Gasteiger partial charge is 0.338 e. The molecule has 4 aromatic rings. The van der Waals surface area contributed by atoms with Crippen LogP contribution in [0.25, 0.3) is 11.2 Å². The van der Waals surface area contributed by atoms with Crippen LogP contribution in [0.1, 0.15) is 40.3 Å². The van der Waals surface area contributed by atoms with Gasteiger partial charge in [-0.25, -0.2) is 14.6 Å². The number of rotatable bonds is 7. The lowest BCUT2D eigenvalue weighted by molar-refractivity contribution is -0.114. The van der Waals surface area contributed by atoms with Gasteiger partial charge in [0.25, 0.3) is 0 Å². The summed E-state index contributed by atoms with van der Waals surface area (Å²) in [6.07, 6.45) is -0.564. The molecule has 0 bridgehead atoms. The molecule has 11 nitrogen and oxygen atoms in total. The van der Waals surface area contributed by atoms with Crippen LogP contribution in [0.2, 0.25) is 5.15 Å². The molecular weight excluding hydrogens is 514 g/mol. The summed E-state index contributed by atoms with van der Waals surface area (Å²) < 4.78 is 19.0. The number of carbonyl (C=O) groups excluding carboxylic acids is 3. The summed E-state index contributed by atoms with van der Waals surface area (Å²) in [5.74, 6) is -1.43. The number of ether oxygens (including phenoxy) is 3. The molecule has 0 aliphatic carbocycles. The second kappa shape index (κ2) is 11.0.